The Balaban J connectivity index is 1.54. The number of rotatable bonds is 4. The molecule has 82 valence electrons. The number of nitrogens with zero attached hydrogens (tertiary/aromatic N) is 1. The van der Waals surface area contributed by atoms with Crippen molar-refractivity contribution in [3.8, 4) is 0 Å². The molecule has 0 bridgehead atoms. The molecular weight excluding hydrogens is 176 g/mol. The molecule has 2 aliphatic heterocycles. The van der Waals surface area contributed by atoms with E-state index >= 15 is 0 Å². The lowest BCUT2D eigenvalue weighted by Gasteiger charge is -2.14. The highest BCUT2D eigenvalue weighted by Gasteiger charge is 2.20. The van der Waals surface area contributed by atoms with Crippen LogP contribution < -0.4 is 5.32 Å². The summed E-state index contributed by atoms with van der Waals surface area (Å²) < 4.78 is 5.57. The third kappa shape index (κ3) is 2.94. The maximum absolute atomic E-state index is 5.57. The van der Waals surface area contributed by atoms with E-state index in [1.54, 1.807) is 0 Å². The van der Waals surface area contributed by atoms with Crippen LogP contribution in [0.4, 0.5) is 0 Å². The van der Waals surface area contributed by atoms with Gasteiger partial charge in [0.1, 0.15) is 0 Å². The zero-order valence-electron chi connectivity index (χ0n) is 9.17. The van der Waals surface area contributed by atoms with Crippen LogP contribution in [-0.2, 0) is 4.74 Å². The normalized spacial score (nSPS) is 34.1. The van der Waals surface area contributed by atoms with Crippen molar-refractivity contribution in [1.82, 2.24) is 10.2 Å². The summed E-state index contributed by atoms with van der Waals surface area (Å²) in [5.41, 5.74) is 0. The predicted molar refractivity (Wildman–Crippen MR) is 57.4 cm³/mol. The highest BCUT2D eigenvalue weighted by Crippen LogP contribution is 2.14. The number of ether oxygens (including phenoxy) is 1. The van der Waals surface area contributed by atoms with E-state index in [0.29, 0.717) is 6.10 Å². The Morgan fingerprint density at radius 1 is 1.36 bits per heavy atom. The van der Waals surface area contributed by atoms with Gasteiger partial charge in [-0.1, -0.05) is 0 Å². The van der Waals surface area contributed by atoms with Crippen LogP contribution in [0.25, 0.3) is 0 Å². The molecule has 2 atom stereocenters. The first-order valence-corrected chi connectivity index (χ1v) is 5.85. The van der Waals surface area contributed by atoms with Crippen molar-refractivity contribution < 1.29 is 4.74 Å². The predicted octanol–water partition coefficient (Wildman–Crippen LogP) is 0.707. The highest BCUT2D eigenvalue weighted by atomic mass is 16.5. The molecule has 0 amide bonds. The quantitative estimate of drug-likeness (QED) is 0.720. The van der Waals surface area contributed by atoms with Gasteiger partial charge in [-0.05, 0) is 45.3 Å². The smallest absolute Gasteiger partial charge is 0.0700 e. The molecule has 2 saturated heterocycles. The van der Waals surface area contributed by atoms with Crippen LogP contribution in [0.15, 0.2) is 0 Å². The summed E-state index contributed by atoms with van der Waals surface area (Å²) in [5.74, 6) is 0.862. The third-order valence-corrected chi connectivity index (χ3v) is 3.32. The molecule has 0 aromatic rings. The Bertz CT molecular complexity index is 169. The summed E-state index contributed by atoms with van der Waals surface area (Å²) in [6, 6.07) is 0. The van der Waals surface area contributed by atoms with Crippen molar-refractivity contribution in [3.05, 3.63) is 0 Å². The van der Waals surface area contributed by atoms with Crippen LogP contribution in [0.3, 0.4) is 0 Å². The van der Waals surface area contributed by atoms with E-state index in [9.17, 15) is 0 Å². The minimum atomic E-state index is 0.495. The zero-order valence-corrected chi connectivity index (χ0v) is 9.17. The van der Waals surface area contributed by atoms with Gasteiger partial charge in [0.25, 0.3) is 0 Å². The molecule has 0 saturated carbocycles. The van der Waals surface area contributed by atoms with Crippen molar-refractivity contribution >= 4 is 0 Å². The van der Waals surface area contributed by atoms with Crippen LogP contribution in [0, 0.1) is 5.92 Å². The van der Waals surface area contributed by atoms with Gasteiger partial charge in [-0.2, -0.15) is 0 Å². The number of hydrogen-bond donors (Lipinski definition) is 1. The average molecular weight is 198 g/mol. The Kier molecular flexibility index (Phi) is 3.79. The molecule has 0 radical (unpaired) electrons. The van der Waals surface area contributed by atoms with E-state index < -0.39 is 0 Å². The fourth-order valence-corrected chi connectivity index (χ4v) is 2.45. The van der Waals surface area contributed by atoms with Gasteiger partial charge in [0.2, 0.25) is 0 Å². The van der Waals surface area contributed by atoms with Gasteiger partial charge >= 0.3 is 0 Å². The Morgan fingerprint density at radius 2 is 2.29 bits per heavy atom. The molecule has 1 N–H and O–H groups in total. The second-order valence-corrected chi connectivity index (χ2v) is 4.71. The largest absolute Gasteiger partial charge is 0.377 e. The van der Waals surface area contributed by atoms with Gasteiger partial charge in [-0.25, -0.2) is 0 Å². The van der Waals surface area contributed by atoms with E-state index in [0.717, 1.165) is 19.1 Å². The molecule has 2 aliphatic rings. The monoisotopic (exact) mass is 198 g/mol. The van der Waals surface area contributed by atoms with E-state index in [4.69, 9.17) is 4.74 Å². The molecule has 3 heteroatoms. The SMILES string of the molecule is CN1CCC(CNCC2CCCO2)C1. The molecule has 2 heterocycles. The summed E-state index contributed by atoms with van der Waals surface area (Å²) >= 11 is 0. The van der Waals surface area contributed by atoms with Crippen molar-refractivity contribution in [2.75, 3.05) is 39.8 Å². The summed E-state index contributed by atoms with van der Waals surface area (Å²) in [5, 5.41) is 3.54. The molecule has 0 spiro atoms. The lowest BCUT2D eigenvalue weighted by molar-refractivity contribution is 0.109. The lowest BCUT2D eigenvalue weighted by atomic mass is 10.1. The topological polar surface area (TPSA) is 24.5 Å². The van der Waals surface area contributed by atoms with Crippen molar-refractivity contribution in [1.29, 1.82) is 0 Å². The molecule has 2 fully saturated rings. The van der Waals surface area contributed by atoms with Crippen LogP contribution in [0.1, 0.15) is 19.3 Å². The van der Waals surface area contributed by atoms with Gasteiger partial charge in [-0.15, -0.1) is 0 Å². The Morgan fingerprint density at radius 3 is 2.93 bits per heavy atom. The lowest BCUT2D eigenvalue weighted by Crippen LogP contribution is -2.31. The summed E-state index contributed by atoms with van der Waals surface area (Å²) in [6.45, 7) is 5.73. The molecule has 2 rings (SSSR count). The van der Waals surface area contributed by atoms with Crippen LogP contribution in [0.2, 0.25) is 0 Å². The second kappa shape index (κ2) is 5.10. The molecule has 2 unspecified atom stereocenters. The molecule has 14 heavy (non-hydrogen) atoms. The minimum Gasteiger partial charge on any atom is -0.377 e. The fourth-order valence-electron chi connectivity index (χ4n) is 2.45. The first-order chi connectivity index (χ1) is 6.84. The first kappa shape index (κ1) is 10.4. The van der Waals surface area contributed by atoms with Crippen molar-refractivity contribution in [2.45, 2.75) is 25.4 Å². The second-order valence-electron chi connectivity index (χ2n) is 4.71. The van der Waals surface area contributed by atoms with Crippen LogP contribution >= 0.6 is 0 Å². The number of nitrogens with one attached hydrogen (secondary N) is 1. The van der Waals surface area contributed by atoms with Crippen molar-refractivity contribution in [3.63, 3.8) is 0 Å². The minimum absolute atomic E-state index is 0.495. The number of likely N-dealkylation sites (tertiary alicyclic amines) is 1. The molecule has 0 aliphatic carbocycles. The van der Waals surface area contributed by atoms with Gasteiger partial charge in [0.05, 0.1) is 6.10 Å². The average Bonchev–Trinajstić information content (AvgIpc) is 2.77. The first-order valence-electron chi connectivity index (χ1n) is 5.85. The van der Waals surface area contributed by atoms with Gasteiger partial charge in [-0.3, -0.25) is 0 Å². The summed E-state index contributed by atoms with van der Waals surface area (Å²) in [7, 11) is 2.21. The molecule has 0 aromatic heterocycles. The molecular formula is C11H22N2O. The van der Waals surface area contributed by atoms with E-state index in [1.165, 1.54) is 38.9 Å². The Labute approximate surface area is 86.8 Å². The van der Waals surface area contributed by atoms with Crippen molar-refractivity contribution in [2.24, 2.45) is 5.92 Å². The van der Waals surface area contributed by atoms with Crippen LogP contribution in [0.5, 0.6) is 0 Å². The van der Waals surface area contributed by atoms with Gasteiger partial charge < -0.3 is 15.0 Å². The van der Waals surface area contributed by atoms with Gasteiger partial charge in [0.15, 0.2) is 0 Å². The maximum atomic E-state index is 5.57. The van der Waals surface area contributed by atoms with Gasteiger partial charge in [0, 0.05) is 19.7 Å². The van der Waals surface area contributed by atoms with Crippen LogP contribution in [-0.4, -0.2) is 50.8 Å². The molecule has 0 aromatic carbocycles. The van der Waals surface area contributed by atoms with E-state index in [2.05, 4.69) is 17.3 Å². The maximum Gasteiger partial charge on any atom is 0.0700 e. The zero-order chi connectivity index (χ0) is 9.80. The summed E-state index contributed by atoms with van der Waals surface area (Å²) in [6.07, 6.45) is 4.35. The highest BCUT2D eigenvalue weighted by molar-refractivity contribution is 4.76. The third-order valence-electron chi connectivity index (χ3n) is 3.32. The number of hydrogen-bond acceptors (Lipinski definition) is 3. The Hall–Kier alpha value is -0.120. The van der Waals surface area contributed by atoms with E-state index in [1.807, 2.05) is 0 Å². The van der Waals surface area contributed by atoms with E-state index in [-0.39, 0.29) is 0 Å². The standard InChI is InChI=1S/C11H22N2O/c1-13-5-4-10(9-13)7-12-8-11-3-2-6-14-11/h10-12H,2-9H2,1H3. The molecule has 3 nitrogen and oxygen atoms in total. The summed E-state index contributed by atoms with van der Waals surface area (Å²) in [4.78, 5) is 2.42. The fraction of sp³-hybridized carbons (Fsp3) is 1.00.